The van der Waals surface area contributed by atoms with Crippen LogP contribution in [0.1, 0.15) is 37.4 Å². The van der Waals surface area contributed by atoms with Crippen molar-refractivity contribution in [1.29, 1.82) is 5.26 Å². The van der Waals surface area contributed by atoms with E-state index in [1.165, 1.54) is 11.8 Å². The minimum Gasteiger partial charge on any atom is -0.480 e. The van der Waals surface area contributed by atoms with Crippen molar-refractivity contribution < 1.29 is 9.90 Å². The maximum Gasteiger partial charge on any atom is 0.320 e. The van der Waals surface area contributed by atoms with Crippen LogP contribution < -0.4 is 0 Å². The van der Waals surface area contributed by atoms with Crippen LogP contribution in [0.3, 0.4) is 0 Å². The number of carbonyl (C=O) groups is 1. The van der Waals surface area contributed by atoms with E-state index in [4.69, 9.17) is 0 Å². The first-order valence-electron chi connectivity index (χ1n) is 8.48. The normalized spacial score (nSPS) is 16.8. The molecule has 2 heterocycles. The van der Waals surface area contributed by atoms with Crippen molar-refractivity contribution >= 4 is 28.8 Å². The van der Waals surface area contributed by atoms with Crippen LogP contribution in [0.2, 0.25) is 0 Å². The number of aromatic nitrogens is 1. The second-order valence-corrected chi connectivity index (χ2v) is 7.67. The Labute approximate surface area is 157 Å². The van der Waals surface area contributed by atoms with Crippen molar-refractivity contribution in [3.8, 4) is 6.07 Å². The van der Waals surface area contributed by atoms with Crippen molar-refractivity contribution in [2.45, 2.75) is 30.9 Å². The average Bonchev–Trinajstić information content (AvgIpc) is 3.08. The van der Waals surface area contributed by atoms with Gasteiger partial charge in [0.2, 0.25) is 0 Å². The van der Waals surface area contributed by atoms with E-state index in [1.807, 2.05) is 47.9 Å². The number of nitriles is 1. The summed E-state index contributed by atoms with van der Waals surface area (Å²) in [7, 11) is 0. The molecule has 26 heavy (non-hydrogen) atoms. The number of hydrogen-bond acceptors (Lipinski definition) is 3. The molecule has 1 N–H and O–H groups in total. The number of rotatable bonds is 6. The summed E-state index contributed by atoms with van der Waals surface area (Å²) in [5, 5.41) is 19.0. The van der Waals surface area contributed by atoms with Gasteiger partial charge in [-0.3, -0.25) is 4.79 Å². The SMILES string of the molecule is C=C/C(=C(\C=C/C)SC1(C(=O)O)CCC1)c1ccc(C#N)n2cccc12. The van der Waals surface area contributed by atoms with Gasteiger partial charge >= 0.3 is 5.97 Å². The molecule has 0 aromatic carbocycles. The summed E-state index contributed by atoms with van der Waals surface area (Å²) in [6, 6.07) is 9.72. The number of aliphatic carboxylic acids is 1. The standard InChI is InChI=1S/C21H20N2O2S/c1-3-7-19(26-21(20(24)25)11-6-12-21)16(4-2)17-10-9-15(14-22)23-13-5-8-18(17)23/h3-5,7-10,13H,2,6,11-12H2,1H3,(H,24,25)/b7-3-,19-16-. The summed E-state index contributed by atoms with van der Waals surface area (Å²) in [4.78, 5) is 12.7. The van der Waals surface area contributed by atoms with E-state index in [9.17, 15) is 15.2 Å². The predicted octanol–water partition coefficient (Wildman–Crippen LogP) is 5.02. The van der Waals surface area contributed by atoms with Gasteiger partial charge in [-0.05, 0) is 56.0 Å². The largest absolute Gasteiger partial charge is 0.480 e. The van der Waals surface area contributed by atoms with Gasteiger partial charge in [0, 0.05) is 16.7 Å². The highest BCUT2D eigenvalue weighted by atomic mass is 32.2. The highest BCUT2D eigenvalue weighted by Crippen LogP contribution is 2.49. The molecule has 2 aromatic heterocycles. The van der Waals surface area contributed by atoms with Gasteiger partial charge in [0.05, 0.1) is 5.52 Å². The van der Waals surface area contributed by atoms with E-state index >= 15 is 0 Å². The Bertz CT molecular complexity index is 972. The highest BCUT2D eigenvalue weighted by molar-refractivity contribution is 8.05. The molecule has 0 spiro atoms. The van der Waals surface area contributed by atoms with Crippen molar-refractivity contribution in [3.05, 3.63) is 71.4 Å². The fourth-order valence-electron chi connectivity index (χ4n) is 3.20. The Kier molecular flexibility index (Phi) is 5.06. The Morgan fingerprint density at radius 3 is 2.73 bits per heavy atom. The van der Waals surface area contributed by atoms with Crippen LogP contribution in [0.15, 0.2) is 60.2 Å². The van der Waals surface area contributed by atoms with Crippen molar-refractivity contribution in [3.63, 3.8) is 0 Å². The van der Waals surface area contributed by atoms with Crippen LogP contribution in [0.5, 0.6) is 0 Å². The highest BCUT2D eigenvalue weighted by Gasteiger charge is 2.46. The molecule has 1 fully saturated rings. The summed E-state index contributed by atoms with van der Waals surface area (Å²) in [5.74, 6) is -0.758. The summed E-state index contributed by atoms with van der Waals surface area (Å²) < 4.78 is 1.08. The summed E-state index contributed by atoms with van der Waals surface area (Å²) in [6.45, 7) is 5.88. The van der Waals surface area contributed by atoms with Crippen LogP contribution in [-0.4, -0.2) is 20.2 Å². The molecule has 4 nitrogen and oxygen atoms in total. The smallest absolute Gasteiger partial charge is 0.320 e. The van der Waals surface area contributed by atoms with Gasteiger partial charge in [0.25, 0.3) is 0 Å². The van der Waals surface area contributed by atoms with Gasteiger partial charge in [0.1, 0.15) is 16.5 Å². The number of carboxylic acid groups (broad SMARTS) is 1. The Morgan fingerprint density at radius 2 is 2.19 bits per heavy atom. The third-order valence-electron chi connectivity index (χ3n) is 4.74. The molecule has 1 aliphatic rings. The van der Waals surface area contributed by atoms with E-state index in [1.54, 1.807) is 12.1 Å². The molecular formula is C21H20N2O2S. The molecular weight excluding hydrogens is 344 g/mol. The molecule has 0 radical (unpaired) electrons. The van der Waals surface area contributed by atoms with Crippen LogP contribution >= 0.6 is 11.8 Å². The molecule has 0 amide bonds. The van der Waals surface area contributed by atoms with E-state index in [0.29, 0.717) is 18.5 Å². The first-order chi connectivity index (χ1) is 12.6. The lowest BCUT2D eigenvalue weighted by Crippen LogP contribution is -2.41. The minimum absolute atomic E-state index is 0.554. The van der Waals surface area contributed by atoms with Gasteiger partial charge < -0.3 is 9.51 Å². The molecule has 0 unspecified atom stereocenters. The topological polar surface area (TPSA) is 65.5 Å². The van der Waals surface area contributed by atoms with Gasteiger partial charge in [-0.1, -0.05) is 24.8 Å². The molecule has 0 aliphatic heterocycles. The molecule has 0 saturated heterocycles. The molecule has 0 atom stereocenters. The Hall–Kier alpha value is -2.71. The second kappa shape index (κ2) is 7.27. The maximum atomic E-state index is 11.8. The zero-order valence-electron chi connectivity index (χ0n) is 14.6. The molecule has 0 bridgehead atoms. The fourth-order valence-corrected chi connectivity index (χ4v) is 4.71. The number of fused-ring (bicyclic) bond motifs is 1. The van der Waals surface area contributed by atoms with Gasteiger partial charge in [-0.15, -0.1) is 11.8 Å². The average molecular weight is 364 g/mol. The van der Waals surface area contributed by atoms with Gasteiger partial charge in [0.15, 0.2) is 0 Å². The van der Waals surface area contributed by atoms with E-state index in [2.05, 4.69) is 12.6 Å². The first-order valence-corrected chi connectivity index (χ1v) is 9.30. The Morgan fingerprint density at radius 1 is 1.42 bits per heavy atom. The number of pyridine rings is 1. The maximum absolute atomic E-state index is 11.8. The third-order valence-corrected chi connectivity index (χ3v) is 6.29. The van der Waals surface area contributed by atoms with Crippen molar-refractivity contribution in [2.24, 2.45) is 0 Å². The quantitative estimate of drug-likeness (QED) is 0.731. The van der Waals surface area contributed by atoms with Gasteiger partial charge in [-0.25, -0.2) is 0 Å². The lowest BCUT2D eigenvalue weighted by Gasteiger charge is -2.37. The minimum atomic E-state index is -0.758. The second-order valence-electron chi connectivity index (χ2n) is 6.24. The third kappa shape index (κ3) is 2.97. The predicted molar refractivity (Wildman–Crippen MR) is 106 cm³/mol. The molecule has 1 saturated carbocycles. The van der Waals surface area contributed by atoms with Crippen LogP contribution in [0, 0.1) is 11.3 Å². The fraction of sp³-hybridized carbons (Fsp3) is 0.238. The van der Waals surface area contributed by atoms with Crippen LogP contribution in [0.25, 0.3) is 11.1 Å². The summed E-state index contributed by atoms with van der Waals surface area (Å²) >= 11 is 1.41. The monoisotopic (exact) mass is 364 g/mol. The van der Waals surface area contributed by atoms with Gasteiger partial charge in [-0.2, -0.15) is 5.26 Å². The van der Waals surface area contributed by atoms with Crippen LogP contribution in [-0.2, 0) is 4.79 Å². The number of hydrogen-bond donors (Lipinski definition) is 1. The summed E-state index contributed by atoms with van der Waals surface area (Å²) in [6.07, 6.45) is 9.77. The Balaban J connectivity index is 2.18. The number of thioether (sulfide) groups is 1. The lowest BCUT2D eigenvalue weighted by molar-refractivity contribution is -0.142. The molecule has 5 heteroatoms. The summed E-state index contributed by atoms with van der Waals surface area (Å²) in [5.41, 5.74) is 3.27. The zero-order valence-corrected chi connectivity index (χ0v) is 15.4. The number of carboxylic acids is 1. The first kappa shape index (κ1) is 18.1. The van der Waals surface area contributed by atoms with E-state index in [0.717, 1.165) is 28.0 Å². The van der Waals surface area contributed by atoms with Crippen molar-refractivity contribution in [1.82, 2.24) is 4.40 Å². The van der Waals surface area contributed by atoms with Crippen molar-refractivity contribution in [2.75, 3.05) is 0 Å². The van der Waals surface area contributed by atoms with Crippen LogP contribution in [0.4, 0.5) is 0 Å². The number of nitrogens with zero attached hydrogens (tertiary/aromatic N) is 2. The lowest BCUT2D eigenvalue weighted by atomic mass is 9.84. The van der Waals surface area contributed by atoms with E-state index < -0.39 is 10.7 Å². The molecule has 1 aliphatic carbocycles. The molecule has 132 valence electrons. The molecule has 2 aromatic rings. The number of allylic oxidation sites excluding steroid dienone is 4. The van der Waals surface area contributed by atoms with E-state index in [-0.39, 0.29) is 0 Å². The zero-order chi connectivity index (χ0) is 18.7. The molecule has 3 rings (SSSR count).